The first kappa shape index (κ1) is 20.4. The fourth-order valence-corrected chi connectivity index (χ4v) is 2.23. The summed E-state index contributed by atoms with van der Waals surface area (Å²) in [5.74, 6) is -0.264. The van der Waals surface area contributed by atoms with E-state index in [4.69, 9.17) is 19.3 Å². The molecule has 1 aliphatic heterocycles. The highest BCUT2D eigenvalue weighted by molar-refractivity contribution is 5.92. The molecule has 4 atom stereocenters. The van der Waals surface area contributed by atoms with Gasteiger partial charge in [-0.1, -0.05) is 26.0 Å². The number of rotatable bonds is 5. The largest absolute Gasteiger partial charge is 0.464 e. The third-order valence-electron chi connectivity index (χ3n) is 3.36. The van der Waals surface area contributed by atoms with Gasteiger partial charge in [-0.25, -0.2) is 4.79 Å². The molecule has 0 aliphatic carbocycles. The van der Waals surface area contributed by atoms with Gasteiger partial charge in [-0.15, -0.1) is 0 Å². The second-order valence-corrected chi connectivity index (χ2v) is 4.91. The summed E-state index contributed by atoms with van der Waals surface area (Å²) in [6, 6.07) is 6.51. The van der Waals surface area contributed by atoms with Crippen LogP contribution < -0.4 is 4.74 Å². The van der Waals surface area contributed by atoms with Crippen LogP contribution in [0.3, 0.4) is 0 Å². The lowest BCUT2D eigenvalue weighted by atomic mass is 10.0. The molecular weight excluding hydrogens is 316 g/mol. The third-order valence-corrected chi connectivity index (χ3v) is 3.36. The Kier molecular flexibility index (Phi) is 8.70. The number of hydrogen-bond donors (Lipinski definition) is 3. The Morgan fingerprint density at radius 2 is 1.96 bits per heavy atom. The maximum Gasteiger partial charge on any atom is 0.341 e. The van der Waals surface area contributed by atoms with Crippen molar-refractivity contribution in [1.82, 2.24) is 0 Å². The third kappa shape index (κ3) is 5.17. The van der Waals surface area contributed by atoms with Crippen LogP contribution in [0, 0.1) is 0 Å². The van der Waals surface area contributed by atoms with Crippen molar-refractivity contribution in [2.45, 2.75) is 51.8 Å². The molecule has 1 fully saturated rings. The van der Waals surface area contributed by atoms with Crippen LogP contribution in [0.15, 0.2) is 24.3 Å². The summed E-state index contributed by atoms with van der Waals surface area (Å²) in [5.41, 5.74) is 0.245. The number of aliphatic hydroxyl groups excluding tert-OH is 3. The molecule has 1 heterocycles. The van der Waals surface area contributed by atoms with Crippen LogP contribution in [0.1, 0.15) is 37.6 Å². The normalized spacial score (nSPS) is 26.1. The van der Waals surface area contributed by atoms with Crippen LogP contribution in [0.2, 0.25) is 0 Å². The van der Waals surface area contributed by atoms with Crippen LogP contribution in [-0.4, -0.2) is 59.1 Å². The fourth-order valence-electron chi connectivity index (χ4n) is 2.23. The molecule has 24 heavy (non-hydrogen) atoms. The Morgan fingerprint density at radius 1 is 1.29 bits per heavy atom. The van der Waals surface area contributed by atoms with Gasteiger partial charge in [-0.2, -0.15) is 0 Å². The quantitative estimate of drug-likeness (QED) is 0.688. The molecule has 3 N–H and O–H groups in total. The van der Waals surface area contributed by atoms with E-state index in [0.29, 0.717) is 0 Å². The molecule has 0 saturated carbocycles. The minimum absolute atomic E-state index is 0.0226. The number of carbonyl (C=O) groups is 1. The zero-order valence-electron chi connectivity index (χ0n) is 14.2. The van der Waals surface area contributed by atoms with Crippen LogP contribution in [0.5, 0.6) is 5.75 Å². The molecule has 0 amide bonds. The van der Waals surface area contributed by atoms with Crippen molar-refractivity contribution in [3.05, 3.63) is 29.8 Å². The molecule has 136 valence electrons. The van der Waals surface area contributed by atoms with E-state index < -0.39 is 37.2 Å². The lowest BCUT2D eigenvalue weighted by molar-refractivity contribution is -0.230. The molecule has 7 nitrogen and oxygen atoms in total. The van der Waals surface area contributed by atoms with Gasteiger partial charge in [0.2, 0.25) is 6.29 Å². The van der Waals surface area contributed by atoms with E-state index in [9.17, 15) is 15.0 Å². The highest BCUT2D eigenvalue weighted by atomic mass is 16.7. The summed E-state index contributed by atoms with van der Waals surface area (Å²) in [4.78, 5) is 11.9. The Morgan fingerprint density at radius 3 is 2.58 bits per heavy atom. The molecule has 0 bridgehead atoms. The lowest BCUT2D eigenvalue weighted by Crippen LogP contribution is -2.51. The summed E-state index contributed by atoms with van der Waals surface area (Å²) in [5, 5.41) is 28.6. The number of aliphatic hydroxyl groups is 3. The molecule has 7 heteroatoms. The van der Waals surface area contributed by atoms with Gasteiger partial charge in [0, 0.05) is 6.42 Å². The molecule has 1 aliphatic rings. The zero-order valence-corrected chi connectivity index (χ0v) is 14.2. The minimum Gasteiger partial charge on any atom is -0.464 e. The molecule has 1 aromatic rings. The highest BCUT2D eigenvalue weighted by Crippen LogP contribution is 2.26. The Bertz CT molecular complexity index is 505. The van der Waals surface area contributed by atoms with Crippen molar-refractivity contribution in [2.24, 2.45) is 0 Å². The van der Waals surface area contributed by atoms with Gasteiger partial charge in [0.15, 0.2) is 0 Å². The fraction of sp³-hybridized carbons (Fsp3) is 0.588. The molecule has 1 aromatic carbocycles. The van der Waals surface area contributed by atoms with Crippen LogP contribution in [0.25, 0.3) is 0 Å². The molecule has 0 spiro atoms. The van der Waals surface area contributed by atoms with Gasteiger partial charge in [0.25, 0.3) is 0 Å². The van der Waals surface area contributed by atoms with Gasteiger partial charge in [-0.05, 0) is 19.1 Å². The summed E-state index contributed by atoms with van der Waals surface area (Å²) in [6.07, 6.45) is -4.06. The summed E-state index contributed by atoms with van der Waals surface area (Å²) >= 11 is 0. The van der Waals surface area contributed by atoms with Crippen molar-refractivity contribution in [3.63, 3.8) is 0 Å². The second-order valence-electron chi connectivity index (χ2n) is 4.91. The molecule has 4 unspecified atom stereocenters. The van der Waals surface area contributed by atoms with Gasteiger partial charge in [0.05, 0.1) is 19.3 Å². The van der Waals surface area contributed by atoms with E-state index in [-0.39, 0.29) is 24.3 Å². The van der Waals surface area contributed by atoms with Crippen LogP contribution in [0.4, 0.5) is 0 Å². The van der Waals surface area contributed by atoms with E-state index in [2.05, 4.69) is 0 Å². The molecule has 2 rings (SSSR count). The first-order valence-corrected chi connectivity index (χ1v) is 8.12. The molecule has 1 saturated heterocycles. The maximum absolute atomic E-state index is 11.9. The van der Waals surface area contributed by atoms with Crippen LogP contribution in [-0.2, 0) is 9.47 Å². The number of ether oxygens (including phenoxy) is 3. The van der Waals surface area contributed by atoms with Gasteiger partial charge < -0.3 is 29.5 Å². The smallest absolute Gasteiger partial charge is 0.341 e. The van der Waals surface area contributed by atoms with Crippen molar-refractivity contribution in [1.29, 1.82) is 0 Å². The first-order chi connectivity index (χ1) is 11.6. The standard InChI is InChI=1S/C15H20O7.C2H6/c1-2-20-15(19)9-5-3-4-6-11(9)21-13-7-10(17)14(18)12(8-16)22-13;1-2/h3-6,10,12-14,16-18H,2,7-8H2,1H3;1-2H3. The summed E-state index contributed by atoms with van der Waals surface area (Å²) in [7, 11) is 0. The number of benzene rings is 1. The highest BCUT2D eigenvalue weighted by Gasteiger charge is 2.37. The summed E-state index contributed by atoms with van der Waals surface area (Å²) in [6.45, 7) is 5.50. The zero-order chi connectivity index (χ0) is 18.1. The number of esters is 1. The van der Waals surface area contributed by atoms with E-state index in [1.54, 1.807) is 31.2 Å². The van der Waals surface area contributed by atoms with E-state index in [1.165, 1.54) is 0 Å². The SMILES string of the molecule is CC.CCOC(=O)c1ccccc1OC1CC(O)C(O)C(CO)O1. The average Bonchev–Trinajstić information content (AvgIpc) is 2.60. The molecule has 0 aromatic heterocycles. The second kappa shape index (κ2) is 10.2. The van der Waals surface area contributed by atoms with Crippen molar-refractivity contribution in [2.75, 3.05) is 13.2 Å². The predicted molar refractivity (Wildman–Crippen MR) is 86.8 cm³/mol. The van der Waals surface area contributed by atoms with E-state index in [1.807, 2.05) is 13.8 Å². The Labute approximate surface area is 141 Å². The van der Waals surface area contributed by atoms with Gasteiger partial charge in [0.1, 0.15) is 23.5 Å². The summed E-state index contributed by atoms with van der Waals surface area (Å²) < 4.78 is 15.9. The molecular formula is C17H26O7. The average molecular weight is 342 g/mol. The monoisotopic (exact) mass is 342 g/mol. The van der Waals surface area contributed by atoms with Crippen molar-refractivity contribution >= 4 is 5.97 Å². The van der Waals surface area contributed by atoms with Crippen LogP contribution >= 0.6 is 0 Å². The van der Waals surface area contributed by atoms with E-state index >= 15 is 0 Å². The number of para-hydroxylation sites is 1. The maximum atomic E-state index is 11.9. The Balaban J connectivity index is 0.00000139. The number of carbonyl (C=O) groups excluding carboxylic acids is 1. The minimum atomic E-state index is -1.18. The predicted octanol–water partition coefficient (Wildman–Crippen LogP) is 1.10. The van der Waals surface area contributed by atoms with Gasteiger partial charge >= 0.3 is 5.97 Å². The lowest BCUT2D eigenvalue weighted by Gasteiger charge is -2.36. The topological polar surface area (TPSA) is 105 Å². The Hall–Kier alpha value is -1.67. The van der Waals surface area contributed by atoms with Gasteiger partial charge in [-0.3, -0.25) is 0 Å². The van der Waals surface area contributed by atoms with Crippen molar-refractivity contribution < 1.29 is 34.3 Å². The molecule has 0 radical (unpaired) electrons. The van der Waals surface area contributed by atoms with E-state index in [0.717, 1.165) is 0 Å². The first-order valence-electron chi connectivity index (χ1n) is 8.12. The van der Waals surface area contributed by atoms with Crippen molar-refractivity contribution in [3.8, 4) is 5.75 Å². The number of hydrogen-bond acceptors (Lipinski definition) is 7.